The number of aryl methyl sites for hydroxylation is 1. The molecule has 0 radical (unpaired) electrons. The average Bonchev–Trinajstić information content (AvgIpc) is 3.88. The molecule has 0 unspecified atom stereocenters. The monoisotopic (exact) mass is 762 g/mol. The zero-order chi connectivity index (χ0) is 39.3. The van der Waals surface area contributed by atoms with Crippen LogP contribution in [0.4, 0.5) is 15.9 Å². The highest BCUT2D eigenvalue weighted by Crippen LogP contribution is 2.35. The van der Waals surface area contributed by atoms with Crippen molar-refractivity contribution in [3.05, 3.63) is 59.8 Å². The molecule has 2 saturated heterocycles. The lowest BCUT2D eigenvalue weighted by Crippen LogP contribution is -2.54. The van der Waals surface area contributed by atoms with Crippen LogP contribution in [0.1, 0.15) is 107 Å². The highest BCUT2D eigenvalue weighted by molar-refractivity contribution is 6.00. The Morgan fingerprint density at radius 3 is 2.40 bits per heavy atom. The maximum Gasteiger partial charge on any atom is 0.270 e. The molecule has 1 aliphatic carbocycles. The topological polar surface area (TPSA) is 164 Å². The number of aliphatic hydroxyl groups is 1. The number of rotatable bonds is 13. The molecule has 6 rings (SSSR count). The van der Waals surface area contributed by atoms with Crippen LogP contribution in [0.25, 0.3) is 0 Å². The molecule has 15 heteroatoms. The third kappa shape index (κ3) is 9.09. The lowest BCUT2D eigenvalue weighted by atomic mass is 9.78. The van der Waals surface area contributed by atoms with Crippen molar-refractivity contribution < 1.29 is 33.4 Å². The molecule has 2 aliphatic heterocycles. The van der Waals surface area contributed by atoms with Gasteiger partial charge in [-0.2, -0.15) is 10.2 Å². The average molecular weight is 763 g/mol. The first-order valence-electron chi connectivity index (χ1n) is 19.7. The molecule has 3 atom stereocenters. The number of carbonyl (C=O) groups is 4. The summed E-state index contributed by atoms with van der Waals surface area (Å²) in [6.07, 6.45) is 9.30. The highest BCUT2D eigenvalue weighted by Gasteiger charge is 2.39. The SMILES string of the molecule is CCn1nccc1N(C=O)[C@H](C(=O)Nc1ccc([C@H](C)[C@@H](NC(=O)c2ccnn2C2CCOCC2)C(=O)N2CCC(C)(O)CC2)cc1F)C1CCC(C)CC1. The van der Waals surface area contributed by atoms with Gasteiger partial charge in [-0.1, -0.05) is 32.8 Å². The summed E-state index contributed by atoms with van der Waals surface area (Å²) in [6.45, 7) is 9.81. The second-order valence-electron chi connectivity index (χ2n) is 15.8. The Labute approximate surface area is 321 Å². The normalized spacial score (nSPS) is 22.0. The molecular formula is C40H55FN8O6. The number of aromatic nitrogens is 4. The molecular weight excluding hydrogens is 707 g/mol. The molecule has 3 aromatic rings. The molecule has 14 nitrogen and oxygen atoms in total. The van der Waals surface area contributed by atoms with Crippen LogP contribution in [-0.4, -0.2) is 97.7 Å². The second-order valence-corrected chi connectivity index (χ2v) is 15.8. The van der Waals surface area contributed by atoms with E-state index >= 15 is 4.39 Å². The molecule has 1 saturated carbocycles. The minimum absolute atomic E-state index is 0.0223. The molecule has 0 bridgehead atoms. The number of hydrogen-bond acceptors (Lipinski definition) is 8. The van der Waals surface area contributed by atoms with Gasteiger partial charge in [0.25, 0.3) is 5.91 Å². The Balaban J connectivity index is 1.24. The predicted octanol–water partition coefficient (Wildman–Crippen LogP) is 4.66. The number of ether oxygens (including phenoxy) is 1. The summed E-state index contributed by atoms with van der Waals surface area (Å²) in [4.78, 5) is 57.9. The van der Waals surface area contributed by atoms with Crippen LogP contribution in [0, 0.1) is 17.7 Å². The summed E-state index contributed by atoms with van der Waals surface area (Å²) in [5, 5.41) is 25.0. The van der Waals surface area contributed by atoms with Gasteiger partial charge in [-0.15, -0.1) is 0 Å². The lowest BCUT2D eigenvalue weighted by molar-refractivity contribution is -0.137. The van der Waals surface area contributed by atoms with Crippen LogP contribution >= 0.6 is 0 Å². The summed E-state index contributed by atoms with van der Waals surface area (Å²) in [5.41, 5.74) is -0.198. The van der Waals surface area contributed by atoms with E-state index < -0.39 is 41.2 Å². The molecule has 55 heavy (non-hydrogen) atoms. The predicted molar refractivity (Wildman–Crippen MR) is 204 cm³/mol. The zero-order valence-corrected chi connectivity index (χ0v) is 32.3. The Bertz CT molecular complexity index is 1800. The van der Waals surface area contributed by atoms with Gasteiger partial charge in [0.05, 0.1) is 23.5 Å². The van der Waals surface area contributed by atoms with Gasteiger partial charge in [0.1, 0.15) is 29.4 Å². The zero-order valence-electron chi connectivity index (χ0n) is 32.3. The maximum absolute atomic E-state index is 16.1. The van der Waals surface area contributed by atoms with E-state index in [1.807, 2.05) is 6.92 Å². The number of piperidine rings is 1. The number of carbonyl (C=O) groups excluding carboxylic acids is 4. The van der Waals surface area contributed by atoms with Crippen molar-refractivity contribution in [3.63, 3.8) is 0 Å². The number of likely N-dealkylation sites (tertiary alicyclic amines) is 1. The fourth-order valence-corrected chi connectivity index (χ4v) is 8.27. The second kappa shape index (κ2) is 17.4. The van der Waals surface area contributed by atoms with Crippen LogP contribution < -0.4 is 15.5 Å². The van der Waals surface area contributed by atoms with E-state index in [0.29, 0.717) is 87.9 Å². The first-order valence-corrected chi connectivity index (χ1v) is 19.7. The van der Waals surface area contributed by atoms with Gasteiger partial charge < -0.3 is 25.4 Å². The van der Waals surface area contributed by atoms with Crippen molar-refractivity contribution in [2.75, 3.05) is 36.5 Å². The van der Waals surface area contributed by atoms with E-state index in [2.05, 4.69) is 27.8 Å². The van der Waals surface area contributed by atoms with E-state index in [9.17, 15) is 24.3 Å². The van der Waals surface area contributed by atoms with E-state index in [0.717, 1.165) is 25.7 Å². The van der Waals surface area contributed by atoms with Crippen molar-refractivity contribution in [2.24, 2.45) is 11.8 Å². The molecule has 2 aromatic heterocycles. The Hall–Kier alpha value is -4.63. The standard InChI is InChI=1S/C40H55FN8O6/c1-5-48-34(13-19-42-48)47(25-50)36(28-8-6-26(2)7-9-28)38(52)44-32-11-10-29(24-31(32)41)27(3)35(39(53)46-20-16-40(4,54)17-21-46)45-37(51)33-12-18-43-49(33)30-14-22-55-23-15-30/h10-13,18-19,24-28,30,35-36,54H,5-9,14-17,20-23H2,1-4H3,(H,44,52)(H,45,51)/t26?,27-,28?,35+,36-/m0/s1. The molecule has 4 heterocycles. The molecule has 4 amide bonds. The minimum Gasteiger partial charge on any atom is -0.390 e. The number of anilines is 2. The molecule has 3 aliphatic rings. The quantitative estimate of drug-likeness (QED) is 0.212. The number of nitrogens with zero attached hydrogens (tertiary/aromatic N) is 6. The van der Waals surface area contributed by atoms with E-state index in [1.54, 1.807) is 58.7 Å². The summed E-state index contributed by atoms with van der Waals surface area (Å²) in [6, 6.07) is 5.72. The van der Waals surface area contributed by atoms with Crippen LogP contribution in [0.5, 0.6) is 0 Å². The maximum atomic E-state index is 16.1. The first-order chi connectivity index (χ1) is 26.4. The summed E-state index contributed by atoms with van der Waals surface area (Å²) < 4.78 is 24.9. The van der Waals surface area contributed by atoms with E-state index in [4.69, 9.17) is 4.74 Å². The lowest BCUT2D eigenvalue weighted by Gasteiger charge is -2.38. The number of nitrogens with one attached hydrogen (secondary N) is 2. The fourth-order valence-electron chi connectivity index (χ4n) is 8.27. The van der Waals surface area contributed by atoms with Gasteiger partial charge in [0.15, 0.2) is 0 Å². The third-order valence-electron chi connectivity index (χ3n) is 11.9. The van der Waals surface area contributed by atoms with Crippen molar-refractivity contribution in [1.29, 1.82) is 0 Å². The van der Waals surface area contributed by atoms with Gasteiger partial charge >= 0.3 is 0 Å². The van der Waals surface area contributed by atoms with Crippen molar-refractivity contribution in [2.45, 2.75) is 115 Å². The number of amides is 4. The van der Waals surface area contributed by atoms with Crippen LogP contribution in [-0.2, 0) is 25.7 Å². The minimum atomic E-state index is -1.07. The highest BCUT2D eigenvalue weighted by atomic mass is 19.1. The smallest absolute Gasteiger partial charge is 0.270 e. The van der Waals surface area contributed by atoms with Crippen molar-refractivity contribution in [3.8, 4) is 0 Å². The fraction of sp³-hybridized carbons (Fsp3) is 0.600. The molecule has 3 N–H and O–H groups in total. The largest absolute Gasteiger partial charge is 0.390 e. The molecule has 3 fully saturated rings. The molecule has 1 aromatic carbocycles. The summed E-state index contributed by atoms with van der Waals surface area (Å²) >= 11 is 0. The van der Waals surface area contributed by atoms with Gasteiger partial charge in [-0.05, 0) is 88.0 Å². The van der Waals surface area contributed by atoms with E-state index in [-0.39, 0.29) is 23.6 Å². The molecule has 0 spiro atoms. The summed E-state index contributed by atoms with van der Waals surface area (Å²) in [5.74, 6) is -1.85. The summed E-state index contributed by atoms with van der Waals surface area (Å²) in [7, 11) is 0. The molecule has 298 valence electrons. The number of halogens is 1. The van der Waals surface area contributed by atoms with E-state index in [1.165, 1.54) is 17.0 Å². The van der Waals surface area contributed by atoms with Gasteiger partial charge in [0.2, 0.25) is 18.2 Å². The van der Waals surface area contributed by atoms with Crippen molar-refractivity contribution >= 4 is 35.6 Å². The van der Waals surface area contributed by atoms with Gasteiger partial charge in [-0.3, -0.25) is 28.8 Å². The Morgan fingerprint density at radius 2 is 1.75 bits per heavy atom. The van der Waals surface area contributed by atoms with Gasteiger partial charge in [-0.25, -0.2) is 9.07 Å². The third-order valence-corrected chi connectivity index (χ3v) is 11.9. The number of benzene rings is 1. The van der Waals surface area contributed by atoms with Gasteiger partial charge in [0, 0.05) is 51.0 Å². The Morgan fingerprint density at radius 1 is 1.05 bits per heavy atom. The van der Waals surface area contributed by atoms with Crippen LogP contribution in [0.3, 0.4) is 0 Å². The first kappa shape index (κ1) is 40.0. The Kier molecular flexibility index (Phi) is 12.7. The van der Waals surface area contributed by atoms with Crippen LogP contribution in [0.15, 0.2) is 42.7 Å². The number of hydrogen-bond donors (Lipinski definition) is 3. The van der Waals surface area contributed by atoms with Crippen molar-refractivity contribution in [1.82, 2.24) is 29.8 Å². The van der Waals surface area contributed by atoms with Crippen LogP contribution in [0.2, 0.25) is 0 Å².